The quantitative estimate of drug-likeness (QED) is 0.598. The second-order valence-electron chi connectivity index (χ2n) is 4.50. The molecule has 0 aliphatic carbocycles. The van der Waals surface area contributed by atoms with E-state index in [1.807, 2.05) is 24.3 Å². The molecule has 0 bridgehead atoms. The van der Waals surface area contributed by atoms with E-state index in [0.29, 0.717) is 6.42 Å². The summed E-state index contributed by atoms with van der Waals surface area (Å²) in [4.78, 5) is 0. The third-order valence-electron chi connectivity index (χ3n) is 2.89. The molecule has 0 radical (unpaired) electrons. The largest absolute Gasteiger partial charge is 0.396 e. The number of nitrogens with two attached hydrogens (primary N) is 1. The van der Waals surface area contributed by atoms with Crippen LogP contribution in [0.2, 0.25) is 0 Å². The van der Waals surface area contributed by atoms with E-state index in [9.17, 15) is 0 Å². The summed E-state index contributed by atoms with van der Waals surface area (Å²) >= 11 is 0. The first-order valence-corrected chi connectivity index (χ1v) is 6.73. The molecule has 1 aromatic rings. The number of aliphatic hydroxyl groups excluding tert-OH is 1. The highest BCUT2D eigenvalue weighted by Gasteiger charge is 2.04. The maximum atomic E-state index is 8.88. The zero-order chi connectivity index (χ0) is 13.2. The van der Waals surface area contributed by atoms with Gasteiger partial charge < -0.3 is 10.8 Å². The van der Waals surface area contributed by atoms with E-state index < -0.39 is 0 Å². The molecule has 1 unspecified atom stereocenters. The molecule has 0 aromatic heterocycles. The Kier molecular flexibility index (Phi) is 7.17. The summed E-state index contributed by atoms with van der Waals surface area (Å²) in [6, 6.07) is 7.89. The van der Waals surface area contributed by atoms with Crippen LogP contribution in [0, 0.1) is 11.8 Å². The summed E-state index contributed by atoms with van der Waals surface area (Å²) in [5, 5.41) is 8.88. The van der Waals surface area contributed by atoms with E-state index in [0.717, 1.165) is 17.5 Å². The van der Waals surface area contributed by atoms with Gasteiger partial charge in [-0.05, 0) is 30.5 Å². The molecule has 0 aliphatic rings. The van der Waals surface area contributed by atoms with Crippen LogP contribution in [0.1, 0.15) is 56.2 Å². The first-order chi connectivity index (χ1) is 8.77. The van der Waals surface area contributed by atoms with Gasteiger partial charge in [-0.3, -0.25) is 0 Å². The first-order valence-electron chi connectivity index (χ1n) is 6.73. The predicted octanol–water partition coefficient (Wildman–Crippen LogP) is 3.00. The van der Waals surface area contributed by atoms with Crippen LogP contribution in [0.3, 0.4) is 0 Å². The van der Waals surface area contributed by atoms with Gasteiger partial charge in [0.05, 0.1) is 0 Å². The minimum atomic E-state index is -0.100. The van der Waals surface area contributed by atoms with Crippen molar-refractivity contribution in [3.63, 3.8) is 0 Å². The Morgan fingerprint density at radius 3 is 2.89 bits per heavy atom. The van der Waals surface area contributed by atoms with Crippen molar-refractivity contribution in [2.45, 2.75) is 45.1 Å². The van der Waals surface area contributed by atoms with Gasteiger partial charge in [-0.2, -0.15) is 0 Å². The number of aliphatic hydroxyl groups is 1. The fourth-order valence-corrected chi connectivity index (χ4v) is 1.78. The van der Waals surface area contributed by atoms with Gasteiger partial charge >= 0.3 is 0 Å². The Labute approximate surface area is 110 Å². The molecule has 1 aromatic carbocycles. The third kappa shape index (κ3) is 5.35. The average Bonchev–Trinajstić information content (AvgIpc) is 2.39. The summed E-state index contributed by atoms with van der Waals surface area (Å²) in [7, 11) is 0. The van der Waals surface area contributed by atoms with Crippen molar-refractivity contribution in [1.82, 2.24) is 0 Å². The van der Waals surface area contributed by atoms with Gasteiger partial charge in [0.1, 0.15) is 0 Å². The average molecular weight is 245 g/mol. The van der Waals surface area contributed by atoms with Crippen LogP contribution in [0.15, 0.2) is 24.3 Å². The van der Waals surface area contributed by atoms with E-state index >= 15 is 0 Å². The zero-order valence-electron chi connectivity index (χ0n) is 11.2. The van der Waals surface area contributed by atoms with Crippen LogP contribution in [0.4, 0.5) is 0 Å². The van der Waals surface area contributed by atoms with Crippen molar-refractivity contribution in [2.24, 2.45) is 5.73 Å². The van der Waals surface area contributed by atoms with Crippen LogP contribution in [-0.4, -0.2) is 11.7 Å². The summed E-state index contributed by atoms with van der Waals surface area (Å²) in [6.45, 7) is 2.31. The summed E-state index contributed by atoms with van der Waals surface area (Å²) in [5.41, 5.74) is 8.02. The minimum absolute atomic E-state index is 0.100. The number of rotatable bonds is 6. The Morgan fingerprint density at radius 2 is 2.17 bits per heavy atom. The molecule has 18 heavy (non-hydrogen) atoms. The Morgan fingerprint density at radius 1 is 1.33 bits per heavy atom. The Hall–Kier alpha value is -1.30. The number of hydrogen-bond acceptors (Lipinski definition) is 2. The van der Waals surface area contributed by atoms with Gasteiger partial charge in [-0.15, -0.1) is 0 Å². The molecule has 98 valence electrons. The van der Waals surface area contributed by atoms with Crippen molar-refractivity contribution in [2.75, 3.05) is 6.61 Å². The molecule has 0 aliphatic heterocycles. The molecule has 0 heterocycles. The van der Waals surface area contributed by atoms with Crippen LogP contribution in [-0.2, 0) is 0 Å². The second-order valence-corrected chi connectivity index (χ2v) is 4.50. The third-order valence-corrected chi connectivity index (χ3v) is 2.89. The van der Waals surface area contributed by atoms with E-state index in [2.05, 4.69) is 18.8 Å². The van der Waals surface area contributed by atoms with E-state index in [1.54, 1.807) is 0 Å². The van der Waals surface area contributed by atoms with E-state index in [-0.39, 0.29) is 12.6 Å². The lowest BCUT2D eigenvalue weighted by atomic mass is 10.0. The zero-order valence-corrected chi connectivity index (χ0v) is 11.2. The minimum Gasteiger partial charge on any atom is -0.396 e. The normalized spacial score (nSPS) is 11.7. The van der Waals surface area contributed by atoms with Gasteiger partial charge in [0.2, 0.25) is 0 Å². The first kappa shape index (κ1) is 14.8. The lowest BCUT2D eigenvalue weighted by Gasteiger charge is -2.10. The van der Waals surface area contributed by atoms with Crippen LogP contribution < -0.4 is 5.73 Å². The van der Waals surface area contributed by atoms with Gasteiger partial charge in [-0.1, -0.05) is 43.7 Å². The molecular weight excluding hydrogens is 222 g/mol. The maximum Gasteiger partial charge on any atom is 0.0449 e. The van der Waals surface area contributed by atoms with Crippen LogP contribution in [0.25, 0.3) is 0 Å². The molecule has 2 nitrogen and oxygen atoms in total. The van der Waals surface area contributed by atoms with E-state index in [1.165, 1.54) is 19.3 Å². The molecule has 2 heteroatoms. The van der Waals surface area contributed by atoms with Gasteiger partial charge in [0.15, 0.2) is 0 Å². The van der Waals surface area contributed by atoms with Crippen LogP contribution >= 0.6 is 0 Å². The smallest absolute Gasteiger partial charge is 0.0449 e. The summed E-state index contributed by atoms with van der Waals surface area (Å²) in [6.07, 6.45) is 5.20. The lowest BCUT2D eigenvalue weighted by Crippen LogP contribution is -2.11. The Balaban J connectivity index is 2.58. The fourth-order valence-electron chi connectivity index (χ4n) is 1.78. The highest BCUT2D eigenvalue weighted by atomic mass is 16.3. The fraction of sp³-hybridized carbons (Fsp3) is 0.500. The highest BCUT2D eigenvalue weighted by molar-refractivity contribution is 5.38. The molecule has 1 atom stereocenters. The molecule has 0 spiro atoms. The standard InChI is InChI=1S/C16H23NO/c1-2-3-4-5-6-8-14-9-7-10-15(13-14)16(17)11-12-18/h7,9-10,13,16,18H,2-5,11-12,17H2,1H3. The van der Waals surface area contributed by atoms with Crippen LogP contribution in [0.5, 0.6) is 0 Å². The predicted molar refractivity (Wildman–Crippen MR) is 76.1 cm³/mol. The monoisotopic (exact) mass is 245 g/mol. The lowest BCUT2D eigenvalue weighted by molar-refractivity contribution is 0.276. The maximum absolute atomic E-state index is 8.88. The van der Waals surface area contributed by atoms with Crippen molar-refractivity contribution in [3.8, 4) is 11.8 Å². The summed E-state index contributed by atoms with van der Waals surface area (Å²) in [5.74, 6) is 6.37. The topological polar surface area (TPSA) is 46.2 Å². The van der Waals surface area contributed by atoms with Crippen molar-refractivity contribution < 1.29 is 5.11 Å². The van der Waals surface area contributed by atoms with Crippen molar-refractivity contribution in [3.05, 3.63) is 35.4 Å². The van der Waals surface area contributed by atoms with Crippen molar-refractivity contribution >= 4 is 0 Å². The number of hydrogen-bond donors (Lipinski definition) is 2. The number of unbranched alkanes of at least 4 members (excludes halogenated alkanes) is 3. The van der Waals surface area contributed by atoms with Crippen molar-refractivity contribution in [1.29, 1.82) is 0 Å². The Bertz CT molecular complexity index is 403. The molecule has 3 N–H and O–H groups in total. The second kappa shape index (κ2) is 8.74. The molecule has 1 rings (SSSR count). The SMILES string of the molecule is CCCCCC#Cc1cccc(C(N)CCO)c1. The highest BCUT2D eigenvalue weighted by Crippen LogP contribution is 2.14. The molecule has 0 fully saturated rings. The molecular formula is C16H23NO. The van der Waals surface area contributed by atoms with Gasteiger partial charge in [0.25, 0.3) is 0 Å². The van der Waals surface area contributed by atoms with E-state index in [4.69, 9.17) is 10.8 Å². The summed E-state index contributed by atoms with van der Waals surface area (Å²) < 4.78 is 0. The number of benzene rings is 1. The molecule has 0 amide bonds. The van der Waals surface area contributed by atoms with Gasteiger partial charge in [-0.25, -0.2) is 0 Å². The molecule has 0 saturated heterocycles. The molecule has 0 saturated carbocycles. The van der Waals surface area contributed by atoms with Gasteiger partial charge in [0, 0.05) is 24.6 Å².